The zero-order valence-electron chi connectivity index (χ0n) is 15.2. The minimum atomic E-state index is -0.934. The molecule has 1 amide bonds. The van der Waals surface area contributed by atoms with E-state index in [0.717, 1.165) is 19.3 Å². The molecule has 1 unspecified atom stereocenters. The van der Waals surface area contributed by atoms with Crippen LogP contribution in [0.5, 0.6) is 0 Å². The molecule has 4 atom stereocenters. The van der Waals surface area contributed by atoms with Crippen molar-refractivity contribution in [2.45, 2.75) is 89.5 Å². The van der Waals surface area contributed by atoms with Gasteiger partial charge in [-0.15, -0.1) is 12.3 Å². The van der Waals surface area contributed by atoms with E-state index in [1.807, 2.05) is 13.8 Å². The fourth-order valence-corrected chi connectivity index (χ4v) is 3.58. The molecule has 1 rings (SSSR count). The van der Waals surface area contributed by atoms with Crippen molar-refractivity contribution in [1.82, 2.24) is 0 Å². The van der Waals surface area contributed by atoms with Gasteiger partial charge in [0.15, 0.2) is 0 Å². The lowest BCUT2D eigenvalue weighted by Crippen LogP contribution is -2.98. The molecule has 1 aliphatic rings. The lowest BCUT2D eigenvalue weighted by atomic mass is 9.82. The van der Waals surface area contributed by atoms with Gasteiger partial charge in [-0.25, -0.2) is 4.79 Å². The summed E-state index contributed by atoms with van der Waals surface area (Å²) in [7, 11) is 0. The average molecular weight is 340 g/mol. The summed E-state index contributed by atoms with van der Waals surface area (Å²) in [5.41, 5.74) is 5.80. The van der Waals surface area contributed by atoms with E-state index in [1.54, 1.807) is 0 Å². The number of aliphatic hydroxyl groups is 2. The van der Waals surface area contributed by atoms with Gasteiger partial charge in [0, 0.05) is 12.8 Å². The number of carbonyl (C=O) groups is 1. The summed E-state index contributed by atoms with van der Waals surface area (Å²) < 4.78 is 0. The molecule has 0 radical (unpaired) electrons. The first-order chi connectivity index (χ1) is 11.3. The van der Waals surface area contributed by atoms with Crippen LogP contribution in [0.4, 0.5) is 0 Å². The fraction of sp³-hybridized carbons (Fsp3) is 0.842. The smallest absolute Gasteiger partial charge is 0.328 e. The Morgan fingerprint density at radius 2 is 1.92 bits per heavy atom. The number of quaternary nitrogens is 1. The van der Waals surface area contributed by atoms with Crippen molar-refractivity contribution in [1.29, 1.82) is 0 Å². The van der Waals surface area contributed by atoms with Crippen LogP contribution < -0.4 is 11.1 Å². The van der Waals surface area contributed by atoms with Crippen molar-refractivity contribution in [3.8, 4) is 12.3 Å². The second-order valence-corrected chi connectivity index (χ2v) is 7.67. The van der Waals surface area contributed by atoms with Gasteiger partial charge in [-0.1, -0.05) is 46.0 Å². The first kappa shape index (κ1) is 21.1. The molecular formula is C19H35N2O3+. The molecule has 0 aromatic heterocycles. The highest BCUT2D eigenvalue weighted by atomic mass is 16.3. The van der Waals surface area contributed by atoms with E-state index in [4.69, 9.17) is 12.2 Å². The standard InChI is InChI=1S/C19H34N2O3/c1-4-8-15(20)19(24)21-16(12-14-9-6-5-7-10-14)18(23)17(22)11-13(2)3/h1,13-18,22-23H,5-12,20H2,2-3H3,(H,21,24)/p+1/t15-,16?,17-,18+/m0/s1. The van der Waals surface area contributed by atoms with Gasteiger partial charge in [0.1, 0.15) is 18.2 Å². The van der Waals surface area contributed by atoms with E-state index in [1.165, 1.54) is 24.6 Å². The van der Waals surface area contributed by atoms with Crippen LogP contribution in [0.1, 0.15) is 65.2 Å². The van der Waals surface area contributed by atoms with Gasteiger partial charge < -0.3 is 15.9 Å². The van der Waals surface area contributed by atoms with Gasteiger partial charge in [0.2, 0.25) is 0 Å². The summed E-state index contributed by atoms with van der Waals surface area (Å²) in [4.78, 5) is 12.3. The van der Waals surface area contributed by atoms with E-state index >= 15 is 0 Å². The molecule has 0 saturated heterocycles. The third kappa shape index (κ3) is 7.31. The van der Waals surface area contributed by atoms with E-state index in [2.05, 4.69) is 5.92 Å². The molecule has 138 valence electrons. The zero-order chi connectivity index (χ0) is 18.1. The van der Waals surface area contributed by atoms with Gasteiger partial charge >= 0.3 is 5.91 Å². The third-order valence-corrected chi connectivity index (χ3v) is 4.96. The number of nitrogens with two attached hydrogens (primary N) is 2. The van der Waals surface area contributed by atoms with Crippen molar-refractivity contribution in [2.75, 3.05) is 0 Å². The Kier molecular flexibility index (Phi) is 9.53. The minimum absolute atomic E-state index is 0.191. The van der Waals surface area contributed by atoms with Crippen molar-refractivity contribution in [2.24, 2.45) is 17.6 Å². The molecule has 5 heteroatoms. The first-order valence-electron chi connectivity index (χ1n) is 9.29. The third-order valence-electron chi connectivity index (χ3n) is 4.96. The molecule has 0 aromatic rings. The predicted molar refractivity (Wildman–Crippen MR) is 94.8 cm³/mol. The lowest BCUT2D eigenvalue weighted by molar-refractivity contribution is -0.619. The molecular weight excluding hydrogens is 304 g/mol. The van der Waals surface area contributed by atoms with Gasteiger partial charge in [-0.2, -0.15) is 0 Å². The first-order valence-corrected chi connectivity index (χ1v) is 9.29. The summed E-state index contributed by atoms with van der Waals surface area (Å²) in [6.07, 6.45) is 10.8. The van der Waals surface area contributed by atoms with Crippen molar-refractivity contribution < 1.29 is 20.3 Å². The monoisotopic (exact) mass is 339 g/mol. The Balaban J connectivity index is 2.73. The number of terminal acetylenes is 1. The number of hydrogen-bond donors (Lipinski definition) is 4. The molecule has 6 N–H and O–H groups in total. The predicted octanol–water partition coefficient (Wildman–Crippen LogP) is 0.534. The van der Waals surface area contributed by atoms with E-state index in [0.29, 0.717) is 12.3 Å². The number of primary amides is 1. The topological polar surface area (TPSA) is 100 Å². The molecule has 0 aliphatic heterocycles. The Morgan fingerprint density at radius 3 is 2.46 bits per heavy atom. The van der Waals surface area contributed by atoms with Crippen LogP contribution in [0.15, 0.2) is 0 Å². The van der Waals surface area contributed by atoms with Crippen molar-refractivity contribution in [3.63, 3.8) is 0 Å². The summed E-state index contributed by atoms with van der Waals surface area (Å²) >= 11 is 0. The van der Waals surface area contributed by atoms with Crippen LogP contribution in [0.3, 0.4) is 0 Å². The summed E-state index contributed by atoms with van der Waals surface area (Å²) in [5, 5.41) is 22.4. The summed E-state index contributed by atoms with van der Waals surface area (Å²) in [5.74, 6) is 2.95. The van der Waals surface area contributed by atoms with Gasteiger partial charge in [-0.3, -0.25) is 5.32 Å². The van der Waals surface area contributed by atoms with Gasteiger partial charge in [-0.05, 0) is 18.3 Å². The maximum absolute atomic E-state index is 12.3. The molecule has 0 heterocycles. The Bertz CT molecular complexity index is 413. The van der Waals surface area contributed by atoms with Crippen LogP contribution in [0.25, 0.3) is 0 Å². The maximum atomic E-state index is 12.3. The number of carbonyl (C=O) groups excluding carboxylic acids is 1. The maximum Gasteiger partial charge on any atom is 0.328 e. The molecule has 0 bridgehead atoms. The van der Waals surface area contributed by atoms with Crippen molar-refractivity contribution in [3.05, 3.63) is 0 Å². The zero-order valence-corrected chi connectivity index (χ0v) is 15.2. The number of aliphatic hydroxyl groups excluding tert-OH is 2. The van der Waals surface area contributed by atoms with Crippen LogP contribution in [-0.2, 0) is 4.79 Å². The summed E-state index contributed by atoms with van der Waals surface area (Å²) in [6.45, 7) is 4.01. The highest BCUT2D eigenvalue weighted by Crippen LogP contribution is 2.28. The van der Waals surface area contributed by atoms with Crippen LogP contribution in [0.2, 0.25) is 0 Å². The number of amides is 1. The quantitative estimate of drug-likeness (QED) is 0.461. The van der Waals surface area contributed by atoms with Crippen LogP contribution in [0, 0.1) is 24.2 Å². The normalized spacial score (nSPS) is 21.0. The SMILES string of the molecule is C#CC[C@H](N)C(=O)[NH2+]C(CC1CCCCC1)[C@@H](O)[C@@H](O)CC(C)C. The van der Waals surface area contributed by atoms with Crippen LogP contribution >= 0.6 is 0 Å². The molecule has 1 saturated carbocycles. The molecule has 0 aromatic carbocycles. The van der Waals surface area contributed by atoms with Crippen molar-refractivity contribution >= 4 is 5.91 Å². The van der Waals surface area contributed by atoms with Gasteiger partial charge in [0.05, 0.1) is 6.10 Å². The van der Waals surface area contributed by atoms with E-state index in [-0.39, 0.29) is 24.3 Å². The molecule has 24 heavy (non-hydrogen) atoms. The molecule has 5 nitrogen and oxygen atoms in total. The number of rotatable bonds is 9. The van der Waals surface area contributed by atoms with E-state index in [9.17, 15) is 15.0 Å². The molecule has 1 aliphatic carbocycles. The Morgan fingerprint density at radius 1 is 1.29 bits per heavy atom. The second-order valence-electron chi connectivity index (χ2n) is 7.67. The molecule has 1 fully saturated rings. The number of hydrogen-bond acceptors (Lipinski definition) is 4. The minimum Gasteiger partial charge on any atom is -0.390 e. The van der Waals surface area contributed by atoms with Gasteiger partial charge in [0.25, 0.3) is 0 Å². The molecule has 0 spiro atoms. The van der Waals surface area contributed by atoms with Crippen LogP contribution in [-0.4, -0.2) is 40.4 Å². The largest absolute Gasteiger partial charge is 0.390 e. The average Bonchev–Trinajstić information content (AvgIpc) is 2.54. The highest BCUT2D eigenvalue weighted by molar-refractivity contribution is 5.72. The highest BCUT2D eigenvalue weighted by Gasteiger charge is 2.35. The Labute approximate surface area is 146 Å². The van der Waals surface area contributed by atoms with E-state index < -0.39 is 18.2 Å². The lowest BCUT2D eigenvalue weighted by Gasteiger charge is -2.30. The second kappa shape index (κ2) is 10.8. The summed E-state index contributed by atoms with van der Waals surface area (Å²) in [6, 6.07) is -1.09. The Hall–Kier alpha value is -0.930. The fourth-order valence-electron chi connectivity index (χ4n) is 3.58.